The lowest BCUT2D eigenvalue weighted by Crippen LogP contribution is -2.38. The molecule has 5 N–H and O–H groups in total. The van der Waals surface area contributed by atoms with Crippen LogP contribution in [-0.4, -0.2) is 74.2 Å². The molecule has 2 fully saturated rings. The maximum atomic E-state index is 12.3. The van der Waals surface area contributed by atoms with Crippen molar-refractivity contribution in [3.05, 3.63) is 27.0 Å². The largest absolute Gasteiger partial charge is 0.492 e. The van der Waals surface area contributed by atoms with Gasteiger partial charge in [0.25, 0.3) is 5.56 Å². The molecule has 0 saturated carbocycles. The fourth-order valence-corrected chi connectivity index (χ4v) is 7.63. The zero-order valence-electron chi connectivity index (χ0n) is 16.7. The average molecular weight is 554 g/mol. The standard InChI is InChI=1S/C12H17N2O17P3/c1-25-7(15)4-26-5-2-14(12(19)13-10(5)18)11-9(17)8(16)6(28-11)3-27-34(24)30-32(20,21)29-33(22,23)31-34/h2,6,8-9,11,16-17H,3-4H2,1H3,(H,20,21)(H,22,23)(H,13,18,19)/t6-,8?,9+,11-/m1/s1. The minimum absolute atomic E-state index is 0.555. The Hall–Kier alpha value is -1.72. The van der Waals surface area contributed by atoms with Gasteiger partial charge in [-0.25, -0.2) is 23.3 Å². The zero-order chi connectivity index (χ0) is 25.5. The number of hydrogen-bond acceptors (Lipinski definition) is 15. The third-order valence-electron chi connectivity index (χ3n) is 4.13. The molecule has 2 saturated heterocycles. The summed E-state index contributed by atoms with van der Waals surface area (Å²) in [5, 5.41) is 20.5. The van der Waals surface area contributed by atoms with Crippen LogP contribution in [0.1, 0.15) is 6.23 Å². The number of esters is 1. The molecule has 2 aliphatic rings. The Morgan fingerprint density at radius 3 is 2.32 bits per heavy atom. The highest BCUT2D eigenvalue weighted by Gasteiger charge is 2.55. The van der Waals surface area contributed by atoms with E-state index in [2.05, 4.69) is 22.2 Å². The van der Waals surface area contributed by atoms with Gasteiger partial charge in [-0.05, 0) is 0 Å². The van der Waals surface area contributed by atoms with E-state index in [-0.39, 0.29) is 0 Å². The van der Waals surface area contributed by atoms with Crippen LogP contribution in [-0.2, 0) is 45.4 Å². The van der Waals surface area contributed by atoms with Crippen molar-refractivity contribution in [1.82, 2.24) is 9.55 Å². The zero-order valence-corrected chi connectivity index (χ0v) is 19.4. The van der Waals surface area contributed by atoms with Crippen LogP contribution in [0.15, 0.2) is 15.8 Å². The van der Waals surface area contributed by atoms with Crippen molar-refractivity contribution >= 4 is 29.4 Å². The van der Waals surface area contributed by atoms with Crippen LogP contribution in [0.5, 0.6) is 5.75 Å². The van der Waals surface area contributed by atoms with Crippen LogP contribution < -0.4 is 16.0 Å². The van der Waals surface area contributed by atoms with Gasteiger partial charge in [0, 0.05) is 0 Å². The maximum Gasteiger partial charge on any atom is 0.492 e. The van der Waals surface area contributed by atoms with E-state index in [0.29, 0.717) is 4.57 Å². The van der Waals surface area contributed by atoms with E-state index in [1.807, 2.05) is 4.98 Å². The highest BCUT2D eigenvalue weighted by atomic mass is 31.3. The average Bonchev–Trinajstić information content (AvgIpc) is 2.97. The highest BCUT2D eigenvalue weighted by Crippen LogP contribution is 2.80. The van der Waals surface area contributed by atoms with Crippen molar-refractivity contribution in [2.24, 2.45) is 0 Å². The number of phosphoric acid groups is 3. The number of aromatic nitrogens is 2. The molecule has 19 nitrogen and oxygen atoms in total. The Morgan fingerprint density at radius 1 is 1.12 bits per heavy atom. The number of carbonyl (C=O) groups excluding carboxylic acids is 1. The molecule has 34 heavy (non-hydrogen) atoms. The number of hydrogen-bond donors (Lipinski definition) is 5. The minimum atomic E-state index is -5.32. The number of H-pyrrole nitrogens is 1. The van der Waals surface area contributed by atoms with Gasteiger partial charge in [0.05, 0.1) is 19.9 Å². The molecule has 0 bridgehead atoms. The van der Waals surface area contributed by atoms with Gasteiger partial charge >= 0.3 is 35.1 Å². The highest BCUT2D eigenvalue weighted by molar-refractivity contribution is 7.74. The molecule has 1 aromatic rings. The van der Waals surface area contributed by atoms with Gasteiger partial charge in [-0.3, -0.25) is 18.9 Å². The van der Waals surface area contributed by atoms with Crippen molar-refractivity contribution < 1.29 is 70.2 Å². The van der Waals surface area contributed by atoms with Crippen molar-refractivity contribution in [3.8, 4) is 5.75 Å². The summed E-state index contributed by atoms with van der Waals surface area (Å²) >= 11 is 0. The van der Waals surface area contributed by atoms with E-state index >= 15 is 0 Å². The van der Waals surface area contributed by atoms with E-state index < -0.39 is 84.2 Å². The van der Waals surface area contributed by atoms with E-state index in [9.17, 15) is 48.1 Å². The van der Waals surface area contributed by atoms with Crippen LogP contribution in [0, 0.1) is 0 Å². The fourth-order valence-electron chi connectivity index (χ4n) is 2.69. The number of aliphatic hydroxyl groups is 2. The molecule has 0 aliphatic carbocycles. The summed E-state index contributed by atoms with van der Waals surface area (Å²) in [7, 11) is -14.8. The number of methoxy groups -OCH3 is 1. The maximum absolute atomic E-state index is 12.3. The number of aliphatic hydroxyl groups excluding tert-OH is 2. The minimum Gasteiger partial charge on any atom is -0.475 e. The quantitative estimate of drug-likeness (QED) is 0.182. The third-order valence-corrected chi connectivity index (χ3v) is 9.50. The molecule has 0 aromatic carbocycles. The summed E-state index contributed by atoms with van der Waals surface area (Å²) < 4.78 is 66.8. The first-order chi connectivity index (χ1) is 15.7. The number of ether oxygens (including phenoxy) is 3. The Kier molecular flexibility index (Phi) is 7.69. The molecule has 3 rings (SSSR count). The lowest BCUT2D eigenvalue weighted by Gasteiger charge is -2.27. The molecule has 2 aliphatic heterocycles. The number of nitrogens with one attached hydrogen (secondary N) is 1. The van der Waals surface area contributed by atoms with Crippen molar-refractivity contribution in [3.63, 3.8) is 0 Å². The number of rotatable bonds is 7. The first kappa shape index (κ1) is 26.9. The molecular formula is C12H17N2O17P3. The molecule has 192 valence electrons. The van der Waals surface area contributed by atoms with Crippen molar-refractivity contribution in [2.75, 3.05) is 20.3 Å². The predicted octanol–water partition coefficient (Wildman–Crippen LogP) is -1.90. The summed E-state index contributed by atoms with van der Waals surface area (Å²) in [5.41, 5.74) is -2.16. The molecule has 22 heteroatoms. The van der Waals surface area contributed by atoms with Crippen LogP contribution >= 0.6 is 23.5 Å². The molecule has 1 aromatic heterocycles. The van der Waals surface area contributed by atoms with E-state index in [1.54, 1.807) is 0 Å². The van der Waals surface area contributed by atoms with Gasteiger partial charge in [0.1, 0.15) is 18.3 Å². The molecule has 6 atom stereocenters. The molecule has 0 spiro atoms. The summed E-state index contributed by atoms with van der Waals surface area (Å²) in [4.78, 5) is 55.5. The number of carbonyl (C=O) groups is 1. The first-order valence-electron chi connectivity index (χ1n) is 8.76. The molecule has 0 radical (unpaired) electrons. The van der Waals surface area contributed by atoms with Gasteiger partial charge in [-0.15, -0.1) is 0 Å². The van der Waals surface area contributed by atoms with Crippen LogP contribution in [0.25, 0.3) is 0 Å². The van der Waals surface area contributed by atoms with Crippen LogP contribution in [0.4, 0.5) is 0 Å². The summed E-state index contributed by atoms with van der Waals surface area (Å²) in [6.07, 6.45) is -6.26. The lowest BCUT2D eigenvalue weighted by atomic mass is 10.1. The van der Waals surface area contributed by atoms with Gasteiger partial charge in [-0.2, -0.15) is 12.9 Å². The fraction of sp³-hybridized carbons (Fsp3) is 0.583. The molecular weight excluding hydrogens is 537 g/mol. The second-order valence-electron chi connectivity index (χ2n) is 6.50. The number of nitrogens with zero attached hydrogens (tertiary/aromatic N) is 1. The predicted molar refractivity (Wildman–Crippen MR) is 101 cm³/mol. The van der Waals surface area contributed by atoms with E-state index in [4.69, 9.17) is 9.47 Å². The van der Waals surface area contributed by atoms with Gasteiger partial charge in [0.2, 0.25) is 5.75 Å². The lowest BCUT2D eigenvalue weighted by molar-refractivity contribution is -0.143. The Labute approximate surface area is 187 Å². The monoisotopic (exact) mass is 554 g/mol. The normalized spacial score (nSPS) is 37.9. The summed E-state index contributed by atoms with van der Waals surface area (Å²) in [6.45, 7) is -1.72. The van der Waals surface area contributed by atoms with Crippen molar-refractivity contribution in [2.45, 2.75) is 24.5 Å². The SMILES string of the molecule is COC(=O)COc1cn([C@@H]2O[C@H](COP3(=O)OP(=O)(O)OP(=O)(O)O3)C(O)[C@@H]2O)c(=O)[nH]c1=O. The summed E-state index contributed by atoms with van der Waals surface area (Å²) in [6, 6.07) is 0. The van der Waals surface area contributed by atoms with Gasteiger partial charge in [0.15, 0.2) is 12.8 Å². The smallest absolute Gasteiger partial charge is 0.475 e. The Morgan fingerprint density at radius 2 is 1.74 bits per heavy atom. The van der Waals surface area contributed by atoms with Crippen molar-refractivity contribution in [1.29, 1.82) is 0 Å². The first-order valence-corrected chi connectivity index (χ1v) is 13.2. The Balaban J connectivity index is 1.76. The van der Waals surface area contributed by atoms with Crippen LogP contribution in [0.2, 0.25) is 0 Å². The molecule has 3 unspecified atom stereocenters. The molecule has 0 amide bonds. The van der Waals surface area contributed by atoms with E-state index in [1.165, 1.54) is 0 Å². The second-order valence-corrected chi connectivity index (χ2v) is 11.5. The second kappa shape index (κ2) is 9.73. The van der Waals surface area contributed by atoms with Gasteiger partial charge < -0.3 is 34.2 Å². The van der Waals surface area contributed by atoms with Crippen LogP contribution in [0.3, 0.4) is 0 Å². The topological polar surface area (TPSA) is 269 Å². The third kappa shape index (κ3) is 6.09. The molecule has 3 heterocycles. The summed E-state index contributed by atoms with van der Waals surface area (Å²) in [5.74, 6) is -1.41. The van der Waals surface area contributed by atoms with E-state index in [0.717, 1.165) is 13.3 Å². The number of aromatic amines is 1. The Bertz CT molecular complexity index is 1180. The van der Waals surface area contributed by atoms with Gasteiger partial charge in [-0.1, -0.05) is 0 Å².